The lowest BCUT2D eigenvalue weighted by Crippen LogP contribution is -2.62. The number of halogens is 3. The third kappa shape index (κ3) is 7.55. The number of carbonyl (C=O) groups is 1. The molecule has 1 amide bonds. The van der Waals surface area contributed by atoms with Crippen LogP contribution in [0.4, 0.5) is 14.5 Å². The van der Waals surface area contributed by atoms with Crippen LogP contribution >= 0.6 is 11.6 Å². The van der Waals surface area contributed by atoms with Crippen LogP contribution in [0.5, 0.6) is 5.75 Å². The minimum atomic E-state index is -4.02. The van der Waals surface area contributed by atoms with Crippen LogP contribution in [0.15, 0.2) is 48.6 Å². The van der Waals surface area contributed by atoms with Crippen molar-refractivity contribution in [3.8, 4) is 5.75 Å². The van der Waals surface area contributed by atoms with Crippen molar-refractivity contribution in [1.29, 1.82) is 0 Å². The summed E-state index contributed by atoms with van der Waals surface area (Å²) in [5.41, 5.74) is 2.47. The number of aryl methyl sites for hydroxylation is 1. The van der Waals surface area contributed by atoms with Crippen LogP contribution in [0.1, 0.15) is 80.3 Å². The van der Waals surface area contributed by atoms with Crippen molar-refractivity contribution >= 4 is 33.2 Å². The van der Waals surface area contributed by atoms with E-state index >= 15 is 0 Å². The van der Waals surface area contributed by atoms with Gasteiger partial charge in [0.1, 0.15) is 11.4 Å². The third-order valence-corrected chi connectivity index (χ3v) is 16.2. The van der Waals surface area contributed by atoms with Crippen molar-refractivity contribution in [3.05, 3.63) is 70.3 Å². The number of piperidine rings is 1. The molecule has 6 aliphatic rings. The van der Waals surface area contributed by atoms with E-state index in [-0.39, 0.29) is 47.6 Å². The number of hydrogen-bond acceptors (Lipinski definition) is 8. The number of allylic oxidation sites excluding steroid dienone is 1. The lowest BCUT2D eigenvalue weighted by Gasteiger charge is -2.53. The zero-order chi connectivity index (χ0) is 38.8. The Morgan fingerprint density at radius 3 is 2.67 bits per heavy atom. The number of alkyl halides is 2. The van der Waals surface area contributed by atoms with Gasteiger partial charge in [-0.2, -0.15) is 0 Å². The van der Waals surface area contributed by atoms with Gasteiger partial charge in [0.15, 0.2) is 0 Å². The van der Waals surface area contributed by atoms with Gasteiger partial charge in [0, 0.05) is 87.8 Å². The maximum atomic E-state index is 14.6. The van der Waals surface area contributed by atoms with E-state index in [0.29, 0.717) is 56.5 Å². The SMILES string of the molecule is CO[C@]1(CN2CCN3CCC(F)(F)C[C@@H]3C2)/C=C\C[C@H](C)[C@@H](C)S(=O)(=O)NC(=O)c2ccc3c(c2)N(C[C@@H]2CC[C@H]21)C[C@@]1(CCCc2cc(Cl)ccc21)CO3. The summed E-state index contributed by atoms with van der Waals surface area (Å²) in [7, 11) is -2.26. The Bertz CT molecular complexity index is 1930. The van der Waals surface area contributed by atoms with Crippen LogP contribution < -0.4 is 14.4 Å². The molecule has 0 aromatic heterocycles. The molecule has 1 spiro atoms. The Balaban J connectivity index is 1.18. The van der Waals surface area contributed by atoms with E-state index in [4.69, 9.17) is 21.1 Å². The van der Waals surface area contributed by atoms with E-state index in [0.717, 1.165) is 50.9 Å². The molecule has 2 saturated heterocycles. The van der Waals surface area contributed by atoms with E-state index in [1.165, 1.54) is 11.1 Å². The number of benzene rings is 2. The van der Waals surface area contributed by atoms with Gasteiger partial charge in [0.2, 0.25) is 10.0 Å². The second-order valence-corrected chi connectivity index (χ2v) is 19.9. The van der Waals surface area contributed by atoms with Crippen LogP contribution in [0, 0.1) is 17.8 Å². The Morgan fingerprint density at radius 1 is 1.05 bits per heavy atom. The number of sulfonamides is 1. The van der Waals surface area contributed by atoms with Crippen molar-refractivity contribution in [3.63, 3.8) is 0 Å². The first-order chi connectivity index (χ1) is 26.2. The van der Waals surface area contributed by atoms with Gasteiger partial charge >= 0.3 is 0 Å². The van der Waals surface area contributed by atoms with Crippen LogP contribution in [0.3, 0.4) is 0 Å². The minimum absolute atomic E-state index is 0.0826. The highest BCUT2D eigenvalue weighted by Crippen LogP contribution is 2.49. The van der Waals surface area contributed by atoms with Gasteiger partial charge in [0.25, 0.3) is 11.8 Å². The second-order valence-electron chi connectivity index (χ2n) is 17.4. The zero-order valence-electron chi connectivity index (χ0n) is 32.2. The molecule has 0 unspecified atom stereocenters. The summed E-state index contributed by atoms with van der Waals surface area (Å²) in [5.74, 6) is -2.59. The van der Waals surface area contributed by atoms with Gasteiger partial charge in [-0.1, -0.05) is 36.7 Å². The maximum Gasteiger partial charge on any atom is 0.264 e. The number of fused-ring (bicyclic) bond motifs is 5. The number of rotatable bonds is 3. The summed E-state index contributed by atoms with van der Waals surface area (Å²) in [6.07, 6.45) is 9.25. The predicted octanol–water partition coefficient (Wildman–Crippen LogP) is 6.68. The first-order valence-electron chi connectivity index (χ1n) is 20.1. The average Bonchev–Trinajstić information content (AvgIpc) is 3.28. The number of methoxy groups -OCH3 is 1. The number of carbonyl (C=O) groups excluding carboxylic acids is 1. The second kappa shape index (κ2) is 14.9. The largest absolute Gasteiger partial charge is 0.490 e. The fraction of sp³-hybridized carbons (Fsp3) is 0.643. The molecule has 4 heterocycles. The average molecular weight is 801 g/mol. The number of amides is 1. The summed E-state index contributed by atoms with van der Waals surface area (Å²) in [6.45, 7) is 8.40. The lowest BCUT2D eigenvalue weighted by molar-refractivity contribution is -0.119. The Kier molecular flexibility index (Phi) is 10.6. The molecule has 2 bridgehead atoms. The van der Waals surface area contributed by atoms with Crippen LogP contribution in [0.25, 0.3) is 0 Å². The van der Waals surface area contributed by atoms with Gasteiger partial charge < -0.3 is 14.4 Å². The maximum absolute atomic E-state index is 14.6. The first-order valence-corrected chi connectivity index (χ1v) is 22.1. The van der Waals surface area contributed by atoms with Crippen LogP contribution in [-0.2, 0) is 26.6 Å². The molecule has 8 rings (SSSR count). The van der Waals surface area contributed by atoms with Crippen molar-refractivity contribution in [2.45, 2.75) is 93.4 Å². The zero-order valence-corrected chi connectivity index (χ0v) is 33.8. The Morgan fingerprint density at radius 2 is 1.89 bits per heavy atom. The molecule has 1 saturated carbocycles. The molecule has 2 aromatic rings. The predicted molar refractivity (Wildman–Crippen MR) is 211 cm³/mol. The Hall–Kier alpha value is -2.77. The van der Waals surface area contributed by atoms with Gasteiger partial charge in [-0.3, -0.25) is 14.6 Å². The molecule has 55 heavy (non-hydrogen) atoms. The molecule has 1 N–H and O–H groups in total. The first kappa shape index (κ1) is 39.1. The van der Waals surface area contributed by atoms with Crippen molar-refractivity contribution in [1.82, 2.24) is 14.5 Å². The lowest BCUT2D eigenvalue weighted by atomic mass is 9.63. The highest BCUT2D eigenvalue weighted by atomic mass is 35.5. The third-order valence-electron chi connectivity index (χ3n) is 14.1. The number of ether oxygens (including phenoxy) is 2. The number of anilines is 1. The van der Waals surface area contributed by atoms with E-state index in [1.54, 1.807) is 32.2 Å². The quantitative estimate of drug-likeness (QED) is 0.344. The van der Waals surface area contributed by atoms with Crippen molar-refractivity contribution in [2.24, 2.45) is 17.8 Å². The van der Waals surface area contributed by atoms with E-state index < -0.39 is 32.7 Å². The summed E-state index contributed by atoms with van der Waals surface area (Å²) in [6, 6.07) is 11.2. The molecule has 4 aliphatic heterocycles. The van der Waals surface area contributed by atoms with Gasteiger partial charge in [-0.25, -0.2) is 21.9 Å². The number of nitrogens with one attached hydrogen (secondary N) is 1. The topological polar surface area (TPSA) is 91.4 Å². The summed E-state index contributed by atoms with van der Waals surface area (Å²) in [4.78, 5) is 20.6. The molecule has 9 nitrogen and oxygen atoms in total. The minimum Gasteiger partial charge on any atom is -0.490 e. The summed E-state index contributed by atoms with van der Waals surface area (Å²) < 4.78 is 72.2. The van der Waals surface area contributed by atoms with Crippen LogP contribution in [0.2, 0.25) is 5.02 Å². The number of nitrogens with zero attached hydrogens (tertiary/aromatic N) is 3. The fourth-order valence-electron chi connectivity index (χ4n) is 10.5. The van der Waals surface area contributed by atoms with Gasteiger partial charge in [-0.05, 0) is 105 Å². The number of piperazine rings is 1. The number of hydrogen-bond donors (Lipinski definition) is 1. The van der Waals surface area contributed by atoms with Crippen LogP contribution in [-0.4, -0.2) is 106 Å². The summed E-state index contributed by atoms with van der Waals surface area (Å²) in [5, 5.41) is -0.128. The highest BCUT2D eigenvalue weighted by Gasteiger charge is 2.51. The van der Waals surface area contributed by atoms with E-state index in [9.17, 15) is 22.0 Å². The summed E-state index contributed by atoms with van der Waals surface area (Å²) >= 11 is 6.49. The molecule has 2 aromatic carbocycles. The van der Waals surface area contributed by atoms with Gasteiger partial charge in [-0.15, -0.1) is 0 Å². The normalized spacial score (nSPS) is 35.6. The standard InChI is InChI=1S/C42H55ClF2N4O5S/c1-28-6-4-15-41(53-3,26-47-18-19-48-17-16-42(44,45)22-34(48)24-47)36-11-8-32(36)23-49-25-40(14-5-7-30-20-33(43)10-12-35(30)40)27-54-38-13-9-31(21-37(38)49)39(50)46-55(51,52)29(28)2/h4,9-10,12-13,15,20-21,28-29,32,34,36H,5-8,11,14,16-19,22-27H2,1-3H3,(H,46,50)/b15-4-/t28-,29+,32-,34+,36+,40-,41-/m0/s1. The molecule has 7 atom stereocenters. The smallest absolute Gasteiger partial charge is 0.264 e. The molecule has 2 aliphatic carbocycles. The van der Waals surface area contributed by atoms with E-state index in [1.807, 2.05) is 19.1 Å². The fourth-order valence-corrected chi connectivity index (χ4v) is 12.0. The highest BCUT2D eigenvalue weighted by molar-refractivity contribution is 7.90. The van der Waals surface area contributed by atoms with Gasteiger partial charge in [0.05, 0.1) is 17.5 Å². The molecule has 300 valence electrons. The molecule has 13 heteroatoms. The molecular weight excluding hydrogens is 746 g/mol. The van der Waals surface area contributed by atoms with Crippen molar-refractivity contribution < 1.29 is 31.5 Å². The monoisotopic (exact) mass is 800 g/mol. The molecular formula is C42H55ClF2N4O5S. The molecule has 0 radical (unpaired) electrons. The van der Waals surface area contributed by atoms with Crippen molar-refractivity contribution in [2.75, 3.05) is 64.4 Å². The Labute approximate surface area is 329 Å². The van der Waals surface area contributed by atoms with E-state index in [2.05, 4.69) is 37.6 Å². The molecule has 3 fully saturated rings.